The molecule has 1 fully saturated rings. The van der Waals surface area contributed by atoms with Crippen molar-refractivity contribution < 1.29 is 22.7 Å². The van der Waals surface area contributed by atoms with Gasteiger partial charge in [0, 0.05) is 19.3 Å². The van der Waals surface area contributed by atoms with E-state index in [1.165, 1.54) is 24.4 Å². The van der Waals surface area contributed by atoms with Crippen molar-refractivity contribution in [3.63, 3.8) is 0 Å². The Bertz CT molecular complexity index is 742. The van der Waals surface area contributed by atoms with E-state index in [-0.39, 0.29) is 11.3 Å². The van der Waals surface area contributed by atoms with E-state index in [1.807, 2.05) is 4.90 Å². The number of aromatic nitrogens is 1. The lowest BCUT2D eigenvalue weighted by Gasteiger charge is -2.27. The molecule has 5 nitrogen and oxygen atoms in total. The number of benzene rings is 1. The fourth-order valence-electron chi connectivity index (χ4n) is 2.53. The number of nitrogens with one attached hydrogen (secondary N) is 1. The number of ether oxygens (including phenoxy) is 1. The van der Waals surface area contributed by atoms with Gasteiger partial charge in [0.15, 0.2) is 0 Å². The van der Waals surface area contributed by atoms with E-state index >= 15 is 0 Å². The summed E-state index contributed by atoms with van der Waals surface area (Å²) < 4.78 is 44.2. The zero-order valence-electron chi connectivity index (χ0n) is 13.2. The van der Waals surface area contributed by atoms with Crippen molar-refractivity contribution in [3.05, 3.63) is 53.7 Å². The lowest BCUT2D eigenvalue weighted by Crippen LogP contribution is -2.36. The van der Waals surface area contributed by atoms with Crippen LogP contribution in [0.25, 0.3) is 0 Å². The zero-order chi connectivity index (χ0) is 17.9. The second-order valence-electron chi connectivity index (χ2n) is 5.50. The Kier molecular flexibility index (Phi) is 4.89. The Labute approximate surface area is 142 Å². The molecule has 0 aliphatic carbocycles. The number of para-hydroxylation sites is 1. The maximum Gasteiger partial charge on any atom is 0.418 e. The summed E-state index contributed by atoms with van der Waals surface area (Å²) in [5.41, 5.74) is -0.979. The molecule has 0 bridgehead atoms. The fourth-order valence-corrected chi connectivity index (χ4v) is 2.53. The maximum absolute atomic E-state index is 13.0. The van der Waals surface area contributed by atoms with Gasteiger partial charge in [0.25, 0.3) is 5.91 Å². The van der Waals surface area contributed by atoms with Crippen LogP contribution >= 0.6 is 0 Å². The van der Waals surface area contributed by atoms with Crippen LogP contribution in [-0.2, 0) is 10.9 Å². The summed E-state index contributed by atoms with van der Waals surface area (Å²) in [5, 5.41) is 2.30. The molecule has 0 atom stereocenters. The van der Waals surface area contributed by atoms with Crippen molar-refractivity contribution in [2.75, 3.05) is 36.5 Å². The SMILES string of the molecule is O=C(Nc1ccccc1C(F)(F)F)c1ccc(N2CCOCC2)nc1. The predicted octanol–water partition coefficient (Wildman–Crippen LogP) is 3.19. The number of alkyl halides is 3. The van der Waals surface area contributed by atoms with Crippen molar-refractivity contribution in [3.8, 4) is 0 Å². The smallest absolute Gasteiger partial charge is 0.378 e. The van der Waals surface area contributed by atoms with Gasteiger partial charge in [0.2, 0.25) is 0 Å². The van der Waals surface area contributed by atoms with E-state index in [0.29, 0.717) is 32.1 Å². The summed E-state index contributed by atoms with van der Waals surface area (Å²) in [4.78, 5) is 18.5. The molecule has 1 aliphatic rings. The second kappa shape index (κ2) is 7.10. The molecule has 2 heterocycles. The summed E-state index contributed by atoms with van der Waals surface area (Å²) in [6.45, 7) is 2.63. The van der Waals surface area contributed by atoms with Gasteiger partial charge in [0.05, 0.1) is 30.0 Å². The van der Waals surface area contributed by atoms with E-state index in [1.54, 1.807) is 12.1 Å². The predicted molar refractivity (Wildman–Crippen MR) is 86.7 cm³/mol. The molecule has 8 heteroatoms. The molecule has 1 aromatic heterocycles. The molecule has 0 unspecified atom stereocenters. The summed E-state index contributed by atoms with van der Waals surface area (Å²) in [7, 11) is 0. The Hall–Kier alpha value is -2.61. The van der Waals surface area contributed by atoms with Crippen LogP contribution in [0.4, 0.5) is 24.7 Å². The minimum atomic E-state index is -4.54. The molecule has 25 heavy (non-hydrogen) atoms. The number of anilines is 2. The first-order chi connectivity index (χ1) is 11.9. The largest absolute Gasteiger partial charge is 0.418 e. The van der Waals surface area contributed by atoms with Gasteiger partial charge >= 0.3 is 6.18 Å². The highest BCUT2D eigenvalue weighted by Gasteiger charge is 2.33. The third-order valence-corrected chi connectivity index (χ3v) is 3.83. The molecule has 1 aliphatic heterocycles. The highest BCUT2D eigenvalue weighted by atomic mass is 19.4. The quantitative estimate of drug-likeness (QED) is 0.923. The van der Waals surface area contributed by atoms with Crippen LogP contribution in [0.5, 0.6) is 0 Å². The number of rotatable bonds is 3. The lowest BCUT2D eigenvalue weighted by molar-refractivity contribution is -0.136. The fraction of sp³-hybridized carbons (Fsp3) is 0.294. The highest BCUT2D eigenvalue weighted by molar-refractivity contribution is 6.04. The first-order valence-electron chi connectivity index (χ1n) is 7.71. The van der Waals surface area contributed by atoms with E-state index in [2.05, 4.69) is 10.3 Å². The minimum absolute atomic E-state index is 0.189. The van der Waals surface area contributed by atoms with E-state index in [9.17, 15) is 18.0 Å². The van der Waals surface area contributed by atoms with Crippen LogP contribution in [-0.4, -0.2) is 37.2 Å². The summed E-state index contributed by atoms with van der Waals surface area (Å²) >= 11 is 0. The lowest BCUT2D eigenvalue weighted by atomic mass is 10.1. The van der Waals surface area contributed by atoms with Crippen molar-refractivity contribution >= 4 is 17.4 Å². The Morgan fingerprint density at radius 2 is 1.84 bits per heavy atom. The molecule has 0 spiro atoms. The van der Waals surface area contributed by atoms with Gasteiger partial charge in [-0.2, -0.15) is 13.2 Å². The van der Waals surface area contributed by atoms with E-state index in [4.69, 9.17) is 4.74 Å². The summed E-state index contributed by atoms with van der Waals surface area (Å²) in [6, 6.07) is 8.08. The zero-order valence-corrected chi connectivity index (χ0v) is 13.2. The van der Waals surface area contributed by atoms with Crippen LogP contribution in [0.2, 0.25) is 0 Å². The number of amides is 1. The number of carbonyl (C=O) groups excluding carboxylic acids is 1. The van der Waals surface area contributed by atoms with Crippen molar-refractivity contribution in [1.82, 2.24) is 4.98 Å². The molecule has 0 saturated carbocycles. The Balaban J connectivity index is 1.74. The molecule has 1 N–H and O–H groups in total. The number of morpholine rings is 1. The van der Waals surface area contributed by atoms with Gasteiger partial charge in [-0.15, -0.1) is 0 Å². The van der Waals surface area contributed by atoms with Gasteiger partial charge < -0.3 is 15.0 Å². The molecule has 1 amide bonds. The molecule has 1 aromatic carbocycles. The van der Waals surface area contributed by atoms with Crippen LogP contribution in [0.3, 0.4) is 0 Å². The first kappa shape index (κ1) is 17.2. The first-order valence-corrected chi connectivity index (χ1v) is 7.71. The van der Waals surface area contributed by atoms with Crippen molar-refractivity contribution in [2.24, 2.45) is 0 Å². The molecule has 132 valence electrons. The molecular formula is C17H16F3N3O2. The monoisotopic (exact) mass is 351 g/mol. The highest BCUT2D eigenvalue weighted by Crippen LogP contribution is 2.34. The van der Waals surface area contributed by atoms with Crippen LogP contribution in [0, 0.1) is 0 Å². The standard InChI is InChI=1S/C17H16F3N3O2/c18-17(19,20)13-3-1-2-4-14(13)22-16(24)12-5-6-15(21-11-12)23-7-9-25-10-8-23/h1-6,11H,7-10H2,(H,22,24). The van der Waals surface area contributed by atoms with Crippen LogP contribution in [0.1, 0.15) is 15.9 Å². The average Bonchev–Trinajstić information content (AvgIpc) is 2.62. The van der Waals surface area contributed by atoms with Crippen LogP contribution < -0.4 is 10.2 Å². The normalized spacial score (nSPS) is 15.1. The summed E-state index contributed by atoms with van der Waals surface area (Å²) in [5.74, 6) is 0.0632. The number of nitrogens with zero attached hydrogens (tertiary/aromatic N) is 2. The van der Waals surface area contributed by atoms with E-state index < -0.39 is 17.6 Å². The van der Waals surface area contributed by atoms with Crippen LogP contribution in [0.15, 0.2) is 42.6 Å². The number of pyridine rings is 1. The molecular weight excluding hydrogens is 335 g/mol. The van der Waals surface area contributed by atoms with Gasteiger partial charge in [-0.25, -0.2) is 4.98 Å². The topological polar surface area (TPSA) is 54.5 Å². The van der Waals surface area contributed by atoms with Gasteiger partial charge in [0.1, 0.15) is 5.82 Å². The average molecular weight is 351 g/mol. The molecule has 3 rings (SSSR count). The van der Waals surface area contributed by atoms with Crippen molar-refractivity contribution in [2.45, 2.75) is 6.18 Å². The minimum Gasteiger partial charge on any atom is -0.378 e. The third-order valence-electron chi connectivity index (χ3n) is 3.83. The third kappa shape index (κ3) is 4.08. The van der Waals surface area contributed by atoms with Gasteiger partial charge in [-0.3, -0.25) is 4.79 Å². The Morgan fingerprint density at radius 3 is 2.48 bits per heavy atom. The molecule has 1 saturated heterocycles. The van der Waals surface area contributed by atoms with Gasteiger partial charge in [-0.05, 0) is 24.3 Å². The number of halogens is 3. The Morgan fingerprint density at radius 1 is 1.12 bits per heavy atom. The van der Waals surface area contributed by atoms with Gasteiger partial charge in [-0.1, -0.05) is 12.1 Å². The second-order valence-corrected chi connectivity index (χ2v) is 5.50. The number of hydrogen-bond acceptors (Lipinski definition) is 4. The maximum atomic E-state index is 13.0. The number of carbonyl (C=O) groups is 1. The van der Waals surface area contributed by atoms with E-state index in [0.717, 1.165) is 6.07 Å². The number of hydrogen-bond donors (Lipinski definition) is 1. The van der Waals surface area contributed by atoms with Crippen molar-refractivity contribution in [1.29, 1.82) is 0 Å². The molecule has 2 aromatic rings. The molecule has 0 radical (unpaired) electrons. The summed E-state index contributed by atoms with van der Waals surface area (Å²) in [6.07, 6.45) is -3.18.